The highest BCUT2D eigenvalue weighted by atomic mass is 32.1. The fraction of sp³-hybridized carbons (Fsp3) is 0.300. The lowest BCUT2D eigenvalue weighted by Crippen LogP contribution is -2.49. The molecule has 1 aliphatic heterocycles. The Hall–Kier alpha value is -2.40. The molecule has 4 nitrogen and oxygen atoms in total. The maximum Gasteiger partial charge on any atom is 0.263 e. The van der Waals surface area contributed by atoms with Crippen molar-refractivity contribution in [2.45, 2.75) is 26.3 Å². The van der Waals surface area contributed by atoms with Crippen molar-refractivity contribution in [2.75, 3.05) is 13.1 Å². The van der Waals surface area contributed by atoms with Crippen molar-refractivity contribution in [3.05, 3.63) is 75.5 Å². The summed E-state index contributed by atoms with van der Waals surface area (Å²) in [5, 5.41) is 0. The van der Waals surface area contributed by atoms with Crippen LogP contribution in [0.5, 0.6) is 0 Å². The van der Waals surface area contributed by atoms with Gasteiger partial charge in [0, 0.05) is 36.4 Å². The van der Waals surface area contributed by atoms with Crippen molar-refractivity contribution < 1.29 is 4.79 Å². The standard InChI is InChI=1S/C20H21N3OS/c1-14-10-21-19(23(14)11-16-6-4-3-5-7-16)17-12-22(13-17)20(24)18-9-8-15(2)25-18/h3-10,17H,11-13H2,1-2H3. The third-order valence-corrected chi connectivity index (χ3v) is 5.74. The number of carbonyl (C=O) groups excluding carboxylic acids is 1. The molecular formula is C20H21N3OS. The van der Waals surface area contributed by atoms with Crippen LogP contribution < -0.4 is 0 Å². The molecule has 128 valence electrons. The molecule has 3 heterocycles. The average molecular weight is 351 g/mol. The lowest BCUT2D eigenvalue weighted by Gasteiger charge is -2.38. The van der Waals surface area contributed by atoms with Gasteiger partial charge in [0.2, 0.25) is 0 Å². The molecule has 0 spiro atoms. The molecule has 1 aromatic carbocycles. The molecule has 1 saturated heterocycles. The van der Waals surface area contributed by atoms with Crippen LogP contribution in [0.25, 0.3) is 0 Å². The number of hydrogen-bond acceptors (Lipinski definition) is 3. The summed E-state index contributed by atoms with van der Waals surface area (Å²) in [5.74, 6) is 1.56. The van der Waals surface area contributed by atoms with E-state index in [1.807, 2.05) is 36.2 Å². The highest BCUT2D eigenvalue weighted by Gasteiger charge is 2.35. The first-order valence-electron chi connectivity index (χ1n) is 8.53. The Balaban J connectivity index is 1.47. The molecule has 5 heteroatoms. The zero-order valence-electron chi connectivity index (χ0n) is 14.5. The van der Waals surface area contributed by atoms with Crippen LogP contribution in [0.4, 0.5) is 0 Å². The number of thiophene rings is 1. The zero-order valence-corrected chi connectivity index (χ0v) is 15.3. The molecule has 1 aliphatic rings. The van der Waals surface area contributed by atoms with Crippen molar-refractivity contribution in [1.29, 1.82) is 0 Å². The smallest absolute Gasteiger partial charge is 0.263 e. The van der Waals surface area contributed by atoms with Crippen LogP contribution in [0, 0.1) is 13.8 Å². The first-order valence-corrected chi connectivity index (χ1v) is 9.35. The van der Waals surface area contributed by atoms with Gasteiger partial charge in [-0.1, -0.05) is 30.3 Å². The fourth-order valence-corrected chi connectivity index (χ4v) is 4.13. The zero-order chi connectivity index (χ0) is 17.4. The minimum Gasteiger partial charge on any atom is -0.336 e. The summed E-state index contributed by atoms with van der Waals surface area (Å²) in [4.78, 5) is 21.1. The van der Waals surface area contributed by atoms with Gasteiger partial charge in [-0.05, 0) is 31.5 Å². The van der Waals surface area contributed by atoms with Crippen LogP contribution in [-0.4, -0.2) is 33.4 Å². The van der Waals surface area contributed by atoms with E-state index in [1.165, 1.54) is 10.4 Å². The molecule has 0 atom stereocenters. The molecule has 1 amide bonds. The Bertz CT molecular complexity index is 891. The molecule has 0 N–H and O–H groups in total. The molecule has 3 aromatic rings. The van der Waals surface area contributed by atoms with Gasteiger partial charge < -0.3 is 9.47 Å². The van der Waals surface area contributed by atoms with Crippen LogP contribution in [0.15, 0.2) is 48.7 Å². The van der Waals surface area contributed by atoms with Crippen LogP contribution in [0.2, 0.25) is 0 Å². The predicted octanol–water partition coefficient (Wildman–Crippen LogP) is 3.85. The Morgan fingerprint density at radius 1 is 1.16 bits per heavy atom. The summed E-state index contributed by atoms with van der Waals surface area (Å²) >= 11 is 1.57. The number of nitrogens with zero attached hydrogens (tertiary/aromatic N) is 3. The largest absolute Gasteiger partial charge is 0.336 e. The van der Waals surface area contributed by atoms with E-state index < -0.39 is 0 Å². The normalized spacial score (nSPS) is 14.6. The van der Waals surface area contributed by atoms with Crippen LogP contribution in [0.3, 0.4) is 0 Å². The number of carbonyl (C=O) groups is 1. The number of hydrogen-bond donors (Lipinski definition) is 0. The quantitative estimate of drug-likeness (QED) is 0.716. The van der Waals surface area contributed by atoms with Gasteiger partial charge in [0.25, 0.3) is 5.91 Å². The van der Waals surface area contributed by atoms with Gasteiger partial charge in [0.15, 0.2) is 0 Å². The SMILES string of the molecule is Cc1ccc(C(=O)N2CC(c3ncc(C)n3Cc3ccccc3)C2)s1. The van der Waals surface area contributed by atoms with Crippen molar-refractivity contribution in [3.8, 4) is 0 Å². The van der Waals surface area contributed by atoms with Gasteiger partial charge in [0.1, 0.15) is 5.82 Å². The Morgan fingerprint density at radius 2 is 1.92 bits per heavy atom. The number of benzene rings is 1. The summed E-state index contributed by atoms with van der Waals surface area (Å²) in [5.41, 5.74) is 2.43. The second-order valence-corrected chi connectivity index (χ2v) is 7.93. The highest BCUT2D eigenvalue weighted by molar-refractivity contribution is 7.13. The van der Waals surface area contributed by atoms with Crippen molar-refractivity contribution in [2.24, 2.45) is 0 Å². The predicted molar refractivity (Wildman–Crippen MR) is 100 cm³/mol. The topological polar surface area (TPSA) is 38.1 Å². The molecule has 0 aliphatic carbocycles. The van der Waals surface area contributed by atoms with Crippen molar-refractivity contribution in [1.82, 2.24) is 14.5 Å². The monoisotopic (exact) mass is 351 g/mol. The van der Waals surface area contributed by atoms with Gasteiger partial charge in [-0.3, -0.25) is 4.79 Å². The summed E-state index contributed by atoms with van der Waals surface area (Å²) in [6.45, 7) is 6.46. The number of likely N-dealkylation sites (tertiary alicyclic amines) is 1. The van der Waals surface area contributed by atoms with Gasteiger partial charge in [-0.15, -0.1) is 11.3 Å². The van der Waals surface area contributed by atoms with Crippen LogP contribution in [-0.2, 0) is 6.54 Å². The van der Waals surface area contributed by atoms with Gasteiger partial charge in [-0.2, -0.15) is 0 Å². The average Bonchev–Trinajstić information content (AvgIpc) is 3.15. The molecular weight excluding hydrogens is 330 g/mol. The van der Waals surface area contributed by atoms with E-state index in [2.05, 4.69) is 40.7 Å². The van der Waals surface area contributed by atoms with E-state index in [9.17, 15) is 4.79 Å². The molecule has 25 heavy (non-hydrogen) atoms. The first kappa shape index (κ1) is 16.1. The van der Waals surface area contributed by atoms with E-state index in [0.717, 1.165) is 36.0 Å². The van der Waals surface area contributed by atoms with E-state index in [1.54, 1.807) is 11.3 Å². The molecule has 4 rings (SSSR count). The summed E-state index contributed by atoms with van der Waals surface area (Å²) in [7, 11) is 0. The van der Waals surface area contributed by atoms with Crippen molar-refractivity contribution in [3.63, 3.8) is 0 Å². The third-order valence-electron chi connectivity index (χ3n) is 4.75. The number of rotatable bonds is 4. The Labute approximate surface area is 151 Å². The maximum atomic E-state index is 12.5. The number of imidazole rings is 1. The molecule has 0 radical (unpaired) electrons. The van der Waals surface area contributed by atoms with E-state index in [4.69, 9.17) is 0 Å². The Morgan fingerprint density at radius 3 is 2.60 bits per heavy atom. The fourth-order valence-electron chi connectivity index (χ4n) is 3.29. The van der Waals surface area contributed by atoms with Crippen molar-refractivity contribution >= 4 is 17.2 Å². The minimum absolute atomic E-state index is 0.146. The van der Waals surface area contributed by atoms with E-state index in [0.29, 0.717) is 5.92 Å². The number of aryl methyl sites for hydroxylation is 2. The molecule has 1 fully saturated rings. The summed E-state index contributed by atoms with van der Waals surface area (Å²) in [6.07, 6.45) is 1.94. The lowest BCUT2D eigenvalue weighted by atomic mass is 9.98. The van der Waals surface area contributed by atoms with E-state index in [-0.39, 0.29) is 5.91 Å². The van der Waals surface area contributed by atoms with Crippen LogP contribution >= 0.6 is 11.3 Å². The van der Waals surface area contributed by atoms with Gasteiger partial charge >= 0.3 is 0 Å². The highest BCUT2D eigenvalue weighted by Crippen LogP contribution is 2.30. The Kier molecular flexibility index (Phi) is 4.17. The number of aromatic nitrogens is 2. The summed E-state index contributed by atoms with van der Waals surface area (Å²) in [6, 6.07) is 14.4. The lowest BCUT2D eigenvalue weighted by molar-refractivity contribution is 0.0596. The van der Waals surface area contributed by atoms with E-state index >= 15 is 0 Å². The molecule has 0 bridgehead atoms. The number of amides is 1. The first-order chi connectivity index (χ1) is 12.1. The third kappa shape index (κ3) is 3.12. The second-order valence-electron chi connectivity index (χ2n) is 6.65. The molecule has 2 aromatic heterocycles. The molecule has 0 saturated carbocycles. The minimum atomic E-state index is 0.146. The second kappa shape index (κ2) is 6.48. The van der Waals surface area contributed by atoms with Crippen LogP contribution in [0.1, 0.15) is 37.5 Å². The van der Waals surface area contributed by atoms with Gasteiger partial charge in [-0.25, -0.2) is 4.98 Å². The molecule has 0 unspecified atom stereocenters. The van der Waals surface area contributed by atoms with Gasteiger partial charge in [0.05, 0.1) is 10.8 Å². The summed E-state index contributed by atoms with van der Waals surface area (Å²) < 4.78 is 2.27. The maximum absolute atomic E-state index is 12.5.